The number of ether oxygens (including phenoxy) is 2. The Morgan fingerprint density at radius 2 is 2.29 bits per heavy atom. The number of hydrogen-bond donors (Lipinski definition) is 1. The maximum absolute atomic E-state index is 5.75. The molecule has 0 saturated carbocycles. The molecular weight excluding hydrogens is 214 g/mol. The highest BCUT2D eigenvalue weighted by atomic mass is 16.5. The van der Waals surface area contributed by atoms with Crippen molar-refractivity contribution < 1.29 is 9.47 Å². The topological polar surface area (TPSA) is 30.5 Å². The van der Waals surface area contributed by atoms with Crippen LogP contribution in [-0.2, 0) is 11.2 Å². The molecule has 2 rings (SSSR count). The molecule has 1 aromatic carbocycles. The monoisotopic (exact) mass is 235 g/mol. The smallest absolute Gasteiger partial charge is 0.122 e. The Labute approximate surface area is 103 Å². The van der Waals surface area contributed by atoms with Crippen LogP contribution in [0.1, 0.15) is 18.4 Å². The largest absolute Gasteiger partial charge is 0.496 e. The molecule has 1 aromatic rings. The van der Waals surface area contributed by atoms with E-state index in [9.17, 15) is 0 Å². The molecule has 0 amide bonds. The first-order valence-corrected chi connectivity index (χ1v) is 6.26. The van der Waals surface area contributed by atoms with Crippen molar-refractivity contribution in [1.82, 2.24) is 5.32 Å². The van der Waals surface area contributed by atoms with Gasteiger partial charge in [-0.3, -0.25) is 0 Å². The zero-order valence-electron chi connectivity index (χ0n) is 10.6. The summed E-state index contributed by atoms with van der Waals surface area (Å²) >= 11 is 0. The van der Waals surface area contributed by atoms with Gasteiger partial charge in [-0.1, -0.05) is 18.2 Å². The first kappa shape index (κ1) is 12.4. The van der Waals surface area contributed by atoms with E-state index in [2.05, 4.69) is 17.4 Å². The lowest BCUT2D eigenvalue weighted by atomic mass is 9.99. The van der Waals surface area contributed by atoms with Gasteiger partial charge in [0, 0.05) is 12.6 Å². The molecule has 1 aliphatic heterocycles. The van der Waals surface area contributed by atoms with E-state index in [0.29, 0.717) is 12.1 Å². The summed E-state index contributed by atoms with van der Waals surface area (Å²) in [5.41, 5.74) is 1.24. The van der Waals surface area contributed by atoms with Gasteiger partial charge in [0.15, 0.2) is 0 Å². The summed E-state index contributed by atoms with van der Waals surface area (Å²) < 4.78 is 11.1. The number of methoxy groups -OCH3 is 1. The fourth-order valence-electron chi connectivity index (χ4n) is 2.45. The molecule has 3 heteroatoms. The van der Waals surface area contributed by atoms with Crippen molar-refractivity contribution in [3.05, 3.63) is 29.8 Å². The lowest BCUT2D eigenvalue weighted by Crippen LogP contribution is -2.39. The first-order valence-electron chi connectivity index (χ1n) is 6.26. The molecule has 1 fully saturated rings. The Balaban J connectivity index is 2.06. The van der Waals surface area contributed by atoms with Crippen LogP contribution in [0, 0.1) is 0 Å². The van der Waals surface area contributed by atoms with Crippen molar-refractivity contribution in [2.45, 2.75) is 31.4 Å². The van der Waals surface area contributed by atoms with Crippen LogP contribution in [-0.4, -0.2) is 32.9 Å². The number of para-hydroxylation sites is 1. The lowest BCUT2D eigenvalue weighted by molar-refractivity contribution is 0.0806. The van der Waals surface area contributed by atoms with Crippen molar-refractivity contribution in [3.63, 3.8) is 0 Å². The summed E-state index contributed by atoms with van der Waals surface area (Å²) in [6.45, 7) is 0.898. The second-order valence-electron chi connectivity index (χ2n) is 4.46. The van der Waals surface area contributed by atoms with Gasteiger partial charge < -0.3 is 14.8 Å². The standard InChI is InChI=1S/C14H21NO2/c1-15-12(14-8-5-9-17-14)10-11-6-3-4-7-13(11)16-2/h3-4,6-7,12,14-15H,5,8-10H2,1-2H3. The quantitative estimate of drug-likeness (QED) is 0.847. The average Bonchev–Trinajstić information content (AvgIpc) is 2.90. The zero-order chi connectivity index (χ0) is 12.1. The molecule has 1 N–H and O–H groups in total. The Kier molecular flexibility index (Phi) is 4.40. The van der Waals surface area contributed by atoms with Crippen LogP contribution in [0.4, 0.5) is 0 Å². The molecule has 1 aliphatic rings. The Morgan fingerprint density at radius 1 is 1.47 bits per heavy atom. The minimum atomic E-state index is 0.338. The van der Waals surface area contributed by atoms with Gasteiger partial charge in [-0.25, -0.2) is 0 Å². The fourth-order valence-corrected chi connectivity index (χ4v) is 2.45. The highest BCUT2D eigenvalue weighted by molar-refractivity contribution is 5.34. The predicted molar refractivity (Wildman–Crippen MR) is 68.5 cm³/mol. The van der Waals surface area contributed by atoms with E-state index in [1.807, 2.05) is 19.2 Å². The van der Waals surface area contributed by atoms with Gasteiger partial charge in [-0.2, -0.15) is 0 Å². The third-order valence-corrected chi connectivity index (χ3v) is 3.42. The Morgan fingerprint density at radius 3 is 2.94 bits per heavy atom. The van der Waals surface area contributed by atoms with Crippen LogP contribution in [0.15, 0.2) is 24.3 Å². The van der Waals surface area contributed by atoms with Crippen LogP contribution in [0.3, 0.4) is 0 Å². The van der Waals surface area contributed by atoms with Crippen LogP contribution >= 0.6 is 0 Å². The normalized spacial score (nSPS) is 21.4. The van der Waals surface area contributed by atoms with Crippen LogP contribution in [0.25, 0.3) is 0 Å². The number of nitrogens with one attached hydrogen (secondary N) is 1. The van der Waals surface area contributed by atoms with Gasteiger partial charge in [-0.05, 0) is 37.9 Å². The van der Waals surface area contributed by atoms with Crippen molar-refractivity contribution in [2.75, 3.05) is 20.8 Å². The maximum atomic E-state index is 5.75. The summed E-state index contributed by atoms with van der Waals surface area (Å²) in [7, 11) is 3.72. The van der Waals surface area contributed by atoms with Gasteiger partial charge >= 0.3 is 0 Å². The van der Waals surface area contributed by atoms with E-state index in [1.165, 1.54) is 12.0 Å². The third-order valence-electron chi connectivity index (χ3n) is 3.42. The zero-order valence-corrected chi connectivity index (χ0v) is 10.6. The second kappa shape index (κ2) is 6.03. The summed E-state index contributed by atoms with van der Waals surface area (Å²) in [6.07, 6.45) is 3.62. The van der Waals surface area contributed by atoms with Crippen molar-refractivity contribution in [2.24, 2.45) is 0 Å². The van der Waals surface area contributed by atoms with E-state index >= 15 is 0 Å². The van der Waals surface area contributed by atoms with E-state index in [1.54, 1.807) is 7.11 Å². The molecule has 0 aliphatic carbocycles. The van der Waals surface area contributed by atoms with Crippen molar-refractivity contribution in [1.29, 1.82) is 0 Å². The average molecular weight is 235 g/mol. The first-order chi connectivity index (χ1) is 8.35. The minimum Gasteiger partial charge on any atom is -0.496 e. The molecule has 0 aromatic heterocycles. The van der Waals surface area contributed by atoms with Crippen LogP contribution in [0.5, 0.6) is 5.75 Å². The van der Waals surface area contributed by atoms with E-state index in [0.717, 1.165) is 25.2 Å². The van der Waals surface area contributed by atoms with Crippen molar-refractivity contribution >= 4 is 0 Å². The Bertz CT molecular complexity index is 348. The molecule has 3 nitrogen and oxygen atoms in total. The highest BCUT2D eigenvalue weighted by Crippen LogP contribution is 2.23. The molecule has 2 unspecified atom stereocenters. The predicted octanol–water partition coefficient (Wildman–Crippen LogP) is 2.00. The maximum Gasteiger partial charge on any atom is 0.122 e. The summed E-state index contributed by atoms with van der Waals surface area (Å²) in [6, 6.07) is 8.56. The number of hydrogen-bond acceptors (Lipinski definition) is 3. The van der Waals surface area contributed by atoms with Crippen molar-refractivity contribution in [3.8, 4) is 5.75 Å². The number of benzene rings is 1. The van der Waals surface area contributed by atoms with Gasteiger partial charge in [0.1, 0.15) is 5.75 Å². The van der Waals surface area contributed by atoms with E-state index in [4.69, 9.17) is 9.47 Å². The van der Waals surface area contributed by atoms with Gasteiger partial charge in [0.05, 0.1) is 13.2 Å². The van der Waals surface area contributed by atoms with E-state index in [-0.39, 0.29) is 0 Å². The van der Waals surface area contributed by atoms with E-state index < -0.39 is 0 Å². The number of likely N-dealkylation sites (N-methyl/N-ethyl adjacent to an activating group) is 1. The highest BCUT2D eigenvalue weighted by Gasteiger charge is 2.25. The molecule has 1 saturated heterocycles. The molecule has 0 spiro atoms. The minimum absolute atomic E-state index is 0.338. The molecule has 0 bridgehead atoms. The van der Waals surface area contributed by atoms with Gasteiger partial charge in [0.2, 0.25) is 0 Å². The molecular formula is C14H21NO2. The fraction of sp³-hybridized carbons (Fsp3) is 0.571. The molecule has 2 atom stereocenters. The summed E-state index contributed by atoms with van der Waals surface area (Å²) in [5, 5.41) is 3.36. The molecule has 17 heavy (non-hydrogen) atoms. The second-order valence-corrected chi connectivity index (χ2v) is 4.46. The molecule has 0 radical (unpaired) electrons. The van der Waals surface area contributed by atoms with Crippen LogP contribution < -0.4 is 10.1 Å². The van der Waals surface area contributed by atoms with Gasteiger partial charge in [-0.15, -0.1) is 0 Å². The Hall–Kier alpha value is -1.06. The molecule has 1 heterocycles. The number of rotatable bonds is 5. The lowest BCUT2D eigenvalue weighted by Gasteiger charge is -2.23. The van der Waals surface area contributed by atoms with Crippen LogP contribution in [0.2, 0.25) is 0 Å². The molecule has 94 valence electrons. The third kappa shape index (κ3) is 2.99. The summed E-state index contributed by atoms with van der Waals surface area (Å²) in [4.78, 5) is 0. The summed E-state index contributed by atoms with van der Waals surface area (Å²) in [5.74, 6) is 0.964. The van der Waals surface area contributed by atoms with Gasteiger partial charge in [0.25, 0.3) is 0 Å². The SMILES string of the molecule is CNC(Cc1ccccc1OC)C1CCCO1.